The Labute approximate surface area is 262 Å². The Balaban J connectivity index is 1.24. The minimum Gasteiger partial charge on any atom is -0.497 e. The summed E-state index contributed by atoms with van der Waals surface area (Å²) in [5.74, 6) is 1.83. The molecular weight excluding hydrogens is 534 g/mol. The van der Waals surface area contributed by atoms with Crippen LogP contribution in [0.2, 0.25) is 0 Å². The highest BCUT2D eigenvalue weighted by Crippen LogP contribution is 2.25. The maximum atomic E-state index is 12.5. The van der Waals surface area contributed by atoms with Crippen LogP contribution in [-0.2, 0) is 22.4 Å². The van der Waals surface area contributed by atoms with Crippen LogP contribution in [0.5, 0.6) is 11.5 Å². The summed E-state index contributed by atoms with van der Waals surface area (Å²) in [6.07, 6.45) is 21.3. The minimum absolute atomic E-state index is 0.000349. The van der Waals surface area contributed by atoms with Crippen LogP contribution in [0.1, 0.15) is 121 Å². The van der Waals surface area contributed by atoms with Crippen LogP contribution >= 0.6 is 0 Å². The van der Waals surface area contributed by atoms with Crippen LogP contribution < -0.4 is 9.47 Å². The number of rotatable bonds is 23. The third-order valence-corrected chi connectivity index (χ3v) is 8.93. The van der Waals surface area contributed by atoms with Crippen LogP contribution in [0.4, 0.5) is 0 Å². The van der Waals surface area contributed by atoms with E-state index in [0.717, 1.165) is 56.6 Å². The van der Waals surface area contributed by atoms with Crippen molar-refractivity contribution in [3.05, 3.63) is 59.7 Å². The number of unbranched alkanes of at least 4 members (excludes halogenated alkanes) is 12. The number of hydrogen-bond acceptors (Lipinski definition) is 5. The van der Waals surface area contributed by atoms with E-state index in [-0.39, 0.29) is 12.1 Å². The predicted octanol–water partition coefficient (Wildman–Crippen LogP) is 9.35. The summed E-state index contributed by atoms with van der Waals surface area (Å²) in [4.78, 5) is 14.8. The number of likely N-dealkylation sites (N-methyl/N-ethyl adjacent to an activating group) is 1. The van der Waals surface area contributed by atoms with Gasteiger partial charge in [-0.15, -0.1) is 0 Å². The number of carbonyl (C=O) groups excluding carboxylic acids is 1. The molecule has 2 aromatic carbocycles. The molecule has 0 aliphatic carbocycles. The van der Waals surface area contributed by atoms with Gasteiger partial charge >= 0.3 is 5.97 Å². The molecule has 5 heteroatoms. The molecule has 0 bridgehead atoms. The quantitative estimate of drug-likeness (QED) is 0.0949. The Morgan fingerprint density at radius 3 is 2.21 bits per heavy atom. The molecule has 0 saturated carbocycles. The minimum atomic E-state index is -0.0247. The third kappa shape index (κ3) is 14.2. The predicted molar refractivity (Wildman–Crippen MR) is 178 cm³/mol. The number of aryl methyl sites for hydroxylation is 2. The molecule has 0 unspecified atom stereocenters. The first kappa shape index (κ1) is 35.0. The summed E-state index contributed by atoms with van der Waals surface area (Å²) in [5, 5.41) is 0. The van der Waals surface area contributed by atoms with E-state index in [1.165, 1.54) is 81.8 Å². The Bertz CT molecular complexity index is 1020. The van der Waals surface area contributed by atoms with Crippen molar-refractivity contribution in [2.75, 3.05) is 27.3 Å². The molecule has 0 amide bonds. The lowest BCUT2D eigenvalue weighted by Gasteiger charge is -2.19. The lowest BCUT2D eigenvalue weighted by Crippen LogP contribution is -2.27. The number of hydrogen-bond donors (Lipinski definition) is 0. The molecule has 1 aliphatic rings. The van der Waals surface area contributed by atoms with Crippen molar-refractivity contribution in [2.24, 2.45) is 0 Å². The van der Waals surface area contributed by atoms with Gasteiger partial charge in [-0.05, 0) is 62.1 Å². The number of esters is 1. The number of nitrogens with zero attached hydrogens (tertiary/aromatic N) is 1. The molecule has 2 aromatic rings. The van der Waals surface area contributed by atoms with Gasteiger partial charge in [0.2, 0.25) is 0 Å². The number of para-hydroxylation sites is 1. The van der Waals surface area contributed by atoms with Crippen molar-refractivity contribution < 1.29 is 19.0 Å². The number of ether oxygens (including phenoxy) is 3. The second-order valence-corrected chi connectivity index (χ2v) is 12.5. The highest BCUT2D eigenvalue weighted by Gasteiger charge is 2.31. The van der Waals surface area contributed by atoms with Crippen LogP contribution in [0, 0.1) is 0 Å². The fourth-order valence-corrected chi connectivity index (χ4v) is 6.25. The Kier molecular flexibility index (Phi) is 17.2. The van der Waals surface area contributed by atoms with Crippen LogP contribution in [0.25, 0.3) is 0 Å². The zero-order valence-corrected chi connectivity index (χ0v) is 27.5. The van der Waals surface area contributed by atoms with E-state index in [2.05, 4.69) is 49.2 Å². The summed E-state index contributed by atoms with van der Waals surface area (Å²) in [7, 11) is 3.84. The molecule has 240 valence electrons. The molecule has 5 nitrogen and oxygen atoms in total. The van der Waals surface area contributed by atoms with Crippen molar-refractivity contribution in [3.8, 4) is 11.5 Å². The van der Waals surface area contributed by atoms with E-state index >= 15 is 0 Å². The zero-order valence-electron chi connectivity index (χ0n) is 27.5. The fourth-order valence-electron chi connectivity index (χ4n) is 6.25. The van der Waals surface area contributed by atoms with E-state index in [4.69, 9.17) is 14.2 Å². The Morgan fingerprint density at radius 2 is 1.51 bits per heavy atom. The van der Waals surface area contributed by atoms with Crippen molar-refractivity contribution in [2.45, 2.75) is 135 Å². The average molecular weight is 594 g/mol. The molecule has 0 N–H and O–H groups in total. The van der Waals surface area contributed by atoms with Crippen LogP contribution in [0.15, 0.2) is 48.5 Å². The van der Waals surface area contributed by atoms with Gasteiger partial charge in [0.15, 0.2) is 0 Å². The zero-order chi connectivity index (χ0) is 30.5. The molecule has 2 atom stereocenters. The van der Waals surface area contributed by atoms with Gasteiger partial charge < -0.3 is 14.2 Å². The van der Waals surface area contributed by atoms with Crippen molar-refractivity contribution >= 4 is 5.97 Å². The summed E-state index contributed by atoms with van der Waals surface area (Å²) in [6.45, 7) is 3.75. The lowest BCUT2D eigenvalue weighted by atomic mass is 10.0. The first-order valence-electron chi connectivity index (χ1n) is 17.3. The molecule has 0 aromatic heterocycles. The standard InChI is InChI=1S/C38H59NO4/c1-4-5-6-7-8-9-10-11-12-13-14-15-16-24-38(40)43-36-30-34(39(2)31-36)27-28-42-37-23-18-17-21-33(37)26-25-32-20-19-22-35(29-32)41-3/h17-23,29,34,36H,4-16,24-28,30-31H2,1-3H3/t34-,36-/m1/s1. The van der Waals surface area contributed by atoms with Gasteiger partial charge in [0.05, 0.1) is 13.7 Å². The second kappa shape index (κ2) is 21.2. The lowest BCUT2D eigenvalue weighted by molar-refractivity contribution is -0.148. The van der Waals surface area contributed by atoms with Crippen LogP contribution in [0.3, 0.4) is 0 Å². The summed E-state index contributed by atoms with van der Waals surface area (Å²) in [6, 6.07) is 17.0. The highest BCUT2D eigenvalue weighted by atomic mass is 16.5. The van der Waals surface area contributed by atoms with E-state index < -0.39 is 0 Å². The van der Waals surface area contributed by atoms with Gasteiger partial charge in [0, 0.05) is 25.4 Å². The molecule has 1 aliphatic heterocycles. The molecule has 1 fully saturated rings. The largest absolute Gasteiger partial charge is 0.497 e. The van der Waals surface area contributed by atoms with E-state index in [0.29, 0.717) is 19.1 Å². The normalized spacial score (nSPS) is 16.8. The molecule has 0 spiro atoms. The summed E-state index contributed by atoms with van der Waals surface area (Å²) >= 11 is 0. The van der Waals surface area contributed by atoms with Crippen molar-refractivity contribution in [1.29, 1.82) is 0 Å². The molecular formula is C38H59NO4. The van der Waals surface area contributed by atoms with Gasteiger partial charge in [0.25, 0.3) is 0 Å². The summed E-state index contributed by atoms with van der Waals surface area (Å²) in [5.41, 5.74) is 2.49. The molecule has 43 heavy (non-hydrogen) atoms. The van der Waals surface area contributed by atoms with Gasteiger partial charge in [-0.1, -0.05) is 114 Å². The van der Waals surface area contributed by atoms with Gasteiger partial charge in [-0.25, -0.2) is 0 Å². The van der Waals surface area contributed by atoms with Crippen LogP contribution in [-0.4, -0.2) is 50.3 Å². The fraction of sp³-hybridized carbons (Fsp3) is 0.658. The second-order valence-electron chi connectivity index (χ2n) is 12.5. The summed E-state index contributed by atoms with van der Waals surface area (Å²) < 4.78 is 17.5. The van der Waals surface area contributed by atoms with Gasteiger partial charge in [-0.2, -0.15) is 0 Å². The first-order chi connectivity index (χ1) is 21.1. The maximum absolute atomic E-state index is 12.5. The Morgan fingerprint density at radius 1 is 0.837 bits per heavy atom. The SMILES string of the molecule is CCCCCCCCCCCCCCCC(=O)O[C@@H]1C[C@@H](CCOc2ccccc2CCc2cccc(OC)c2)N(C)C1. The molecule has 1 saturated heterocycles. The van der Waals surface area contributed by atoms with Gasteiger partial charge in [-0.3, -0.25) is 9.69 Å². The monoisotopic (exact) mass is 593 g/mol. The van der Waals surface area contributed by atoms with E-state index in [1.54, 1.807) is 7.11 Å². The highest BCUT2D eigenvalue weighted by molar-refractivity contribution is 5.69. The number of benzene rings is 2. The first-order valence-corrected chi connectivity index (χ1v) is 17.3. The topological polar surface area (TPSA) is 48.0 Å². The van der Waals surface area contributed by atoms with Crippen molar-refractivity contribution in [1.82, 2.24) is 4.90 Å². The van der Waals surface area contributed by atoms with E-state index in [1.807, 2.05) is 18.2 Å². The average Bonchev–Trinajstić information content (AvgIpc) is 3.37. The van der Waals surface area contributed by atoms with E-state index in [9.17, 15) is 4.79 Å². The van der Waals surface area contributed by atoms with Gasteiger partial charge in [0.1, 0.15) is 17.6 Å². The number of likely N-dealkylation sites (tertiary alicyclic amines) is 1. The molecule has 1 heterocycles. The third-order valence-electron chi connectivity index (χ3n) is 8.93. The molecule has 0 radical (unpaired) electrons. The number of methoxy groups -OCH3 is 1. The maximum Gasteiger partial charge on any atom is 0.306 e. The number of carbonyl (C=O) groups is 1. The molecule has 3 rings (SSSR count). The Hall–Kier alpha value is -2.53. The smallest absolute Gasteiger partial charge is 0.306 e. The van der Waals surface area contributed by atoms with Crippen molar-refractivity contribution in [3.63, 3.8) is 0 Å².